The number of carbonyl (C=O) groups excluding carboxylic acids is 2. The summed E-state index contributed by atoms with van der Waals surface area (Å²) in [5.74, 6) is -0.441. The minimum absolute atomic E-state index is 0.0611. The van der Waals surface area contributed by atoms with Gasteiger partial charge < -0.3 is 9.47 Å². The standard InChI is InChI=1S/C17H15IO4/c1-12(18)21-16(19)11-14-9-5-6-10-15(14)22-17(20)13-7-3-2-4-8-13/h2-10,12H,11H2,1H3. The Labute approximate surface area is 142 Å². The van der Waals surface area contributed by atoms with Gasteiger partial charge in [-0.25, -0.2) is 4.79 Å². The van der Waals surface area contributed by atoms with Gasteiger partial charge in [0.25, 0.3) is 0 Å². The molecule has 5 heteroatoms. The predicted molar refractivity (Wildman–Crippen MR) is 91.1 cm³/mol. The van der Waals surface area contributed by atoms with Gasteiger partial charge in [0.15, 0.2) is 0 Å². The van der Waals surface area contributed by atoms with Crippen molar-refractivity contribution in [3.05, 3.63) is 65.7 Å². The van der Waals surface area contributed by atoms with Gasteiger partial charge in [-0.3, -0.25) is 4.79 Å². The molecule has 0 aromatic heterocycles. The smallest absolute Gasteiger partial charge is 0.343 e. The number of alkyl halides is 1. The van der Waals surface area contributed by atoms with E-state index in [4.69, 9.17) is 9.47 Å². The molecule has 0 radical (unpaired) electrons. The average molecular weight is 410 g/mol. The lowest BCUT2D eigenvalue weighted by Crippen LogP contribution is -2.14. The number of carbonyl (C=O) groups is 2. The Hall–Kier alpha value is -1.89. The van der Waals surface area contributed by atoms with Gasteiger partial charge >= 0.3 is 11.9 Å². The summed E-state index contributed by atoms with van der Waals surface area (Å²) in [6.45, 7) is 1.78. The van der Waals surface area contributed by atoms with Gasteiger partial charge in [0.2, 0.25) is 0 Å². The van der Waals surface area contributed by atoms with Crippen molar-refractivity contribution in [2.75, 3.05) is 0 Å². The van der Waals surface area contributed by atoms with E-state index >= 15 is 0 Å². The second kappa shape index (κ2) is 7.93. The third-order valence-electron chi connectivity index (χ3n) is 2.81. The molecule has 22 heavy (non-hydrogen) atoms. The van der Waals surface area contributed by atoms with Crippen molar-refractivity contribution in [2.24, 2.45) is 0 Å². The Balaban J connectivity index is 2.11. The van der Waals surface area contributed by atoms with Crippen LogP contribution in [0.2, 0.25) is 0 Å². The predicted octanol–water partition coefficient (Wildman–Crippen LogP) is 3.77. The van der Waals surface area contributed by atoms with E-state index < -0.39 is 5.97 Å². The van der Waals surface area contributed by atoms with Gasteiger partial charge in [-0.05, 0) is 47.7 Å². The van der Waals surface area contributed by atoms with E-state index in [2.05, 4.69) is 0 Å². The van der Waals surface area contributed by atoms with Gasteiger partial charge in [0.05, 0.1) is 12.0 Å². The van der Waals surface area contributed by atoms with E-state index in [0.29, 0.717) is 16.9 Å². The molecule has 2 rings (SSSR count). The van der Waals surface area contributed by atoms with E-state index in [-0.39, 0.29) is 16.5 Å². The number of hydrogen-bond acceptors (Lipinski definition) is 4. The highest BCUT2D eigenvalue weighted by Gasteiger charge is 2.14. The molecule has 0 saturated heterocycles. The first kappa shape index (κ1) is 16.5. The van der Waals surface area contributed by atoms with Gasteiger partial charge in [0, 0.05) is 5.56 Å². The van der Waals surface area contributed by atoms with Gasteiger partial charge in [-0.1, -0.05) is 36.4 Å². The normalized spacial score (nSPS) is 11.5. The number of hydrogen-bond donors (Lipinski definition) is 0. The molecule has 0 aliphatic heterocycles. The van der Waals surface area contributed by atoms with E-state index in [0.717, 1.165) is 0 Å². The quantitative estimate of drug-likeness (QED) is 0.326. The highest BCUT2D eigenvalue weighted by molar-refractivity contribution is 14.1. The molecular formula is C17H15IO4. The first-order valence-electron chi connectivity index (χ1n) is 6.75. The minimum atomic E-state index is -0.455. The van der Waals surface area contributed by atoms with Crippen molar-refractivity contribution in [1.29, 1.82) is 0 Å². The Morgan fingerprint density at radius 3 is 2.36 bits per heavy atom. The minimum Gasteiger partial charge on any atom is -0.452 e. The molecule has 0 spiro atoms. The summed E-state index contributed by atoms with van der Waals surface area (Å²) in [7, 11) is 0. The molecule has 4 nitrogen and oxygen atoms in total. The Bertz CT molecular complexity index is 653. The maximum atomic E-state index is 12.1. The van der Waals surface area contributed by atoms with Crippen LogP contribution in [0.3, 0.4) is 0 Å². The molecule has 2 aromatic rings. The largest absolute Gasteiger partial charge is 0.452 e. The van der Waals surface area contributed by atoms with Crippen molar-refractivity contribution in [3.63, 3.8) is 0 Å². The Kier molecular flexibility index (Phi) is 5.94. The van der Waals surface area contributed by atoms with E-state index in [9.17, 15) is 9.59 Å². The number of benzene rings is 2. The SMILES string of the molecule is CC(I)OC(=O)Cc1ccccc1OC(=O)c1ccccc1. The van der Waals surface area contributed by atoms with Crippen LogP contribution in [0.15, 0.2) is 54.6 Å². The summed E-state index contributed by atoms with van der Waals surface area (Å²) in [5, 5.41) is 0. The number of para-hydroxylation sites is 1. The molecule has 0 aliphatic carbocycles. The summed E-state index contributed by atoms with van der Waals surface area (Å²) < 4.78 is 10.3. The number of rotatable bonds is 5. The van der Waals surface area contributed by atoms with E-state index in [1.54, 1.807) is 55.5 Å². The topological polar surface area (TPSA) is 52.6 Å². The van der Waals surface area contributed by atoms with Crippen LogP contribution in [0.1, 0.15) is 22.8 Å². The average Bonchev–Trinajstić information content (AvgIpc) is 2.49. The lowest BCUT2D eigenvalue weighted by Gasteiger charge is -2.11. The molecule has 0 N–H and O–H groups in total. The molecule has 0 amide bonds. The zero-order valence-corrected chi connectivity index (χ0v) is 14.1. The van der Waals surface area contributed by atoms with Crippen LogP contribution in [0.4, 0.5) is 0 Å². The fraction of sp³-hybridized carbons (Fsp3) is 0.176. The lowest BCUT2D eigenvalue weighted by molar-refractivity contribution is -0.143. The monoisotopic (exact) mass is 410 g/mol. The third kappa shape index (κ3) is 4.84. The summed E-state index contributed by atoms with van der Waals surface area (Å²) in [4.78, 5) is 23.9. The second-order valence-electron chi connectivity index (χ2n) is 4.57. The van der Waals surface area contributed by atoms with Crippen LogP contribution in [-0.2, 0) is 16.0 Å². The number of ether oxygens (including phenoxy) is 2. The van der Waals surface area contributed by atoms with Crippen LogP contribution in [-0.4, -0.2) is 16.0 Å². The first-order chi connectivity index (χ1) is 10.6. The molecule has 1 unspecified atom stereocenters. The van der Waals surface area contributed by atoms with Crippen LogP contribution in [0.25, 0.3) is 0 Å². The maximum Gasteiger partial charge on any atom is 0.343 e. The van der Waals surface area contributed by atoms with Crippen LogP contribution in [0, 0.1) is 0 Å². The second-order valence-corrected chi connectivity index (χ2v) is 6.33. The summed E-state index contributed by atoms with van der Waals surface area (Å²) >= 11 is 2.01. The summed E-state index contributed by atoms with van der Waals surface area (Å²) in [6, 6.07) is 15.7. The summed E-state index contributed by atoms with van der Waals surface area (Å²) in [5.41, 5.74) is 1.08. The molecule has 0 saturated carbocycles. The fourth-order valence-corrected chi connectivity index (χ4v) is 2.14. The number of halogens is 1. The fourth-order valence-electron chi connectivity index (χ4n) is 1.86. The number of esters is 2. The van der Waals surface area contributed by atoms with Gasteiger partial charge in [0.1, 0.15) is 9.86 Å². The zero-order chi connectivity index (χ0) is 15.9. The molecule has 2 aromatic carbocycles. The zero-order valence-electron chi connectivity index (χ0n) is 12.0. The molecule has 114 valence electrons. The first-order valence-corrected chi connectivity index (χ1v) is 7.99. The molecular weight excluding hydrogens is 395 g/mol. The van der Waals surface area contributed by atoms with Gasteiger partial charge in [-0.2, -0.15) is 0 Å². The molecule has 0 bridgehead atoms. The highest BCUT2D eigenvalue weighted by atomic mass is 127. The van der Waals surface area contributed by atoms with Crippen molar-refractivity contribution in [2.45, 2.75) is 17.5 Å². The summed E-state index contributed by atoms with van der Waals surface area (Å²) in [6.07, 6.45) is 0.0611. The molecule has 1 atom stereocenters. The van der Waals surface area contributed by atoms with Crippen LogP contribution < -0.4 is 4.74 Å². The molecule has 0 fully saturated rings. The van der Waals surface area contributed by atoms with Crippen LogP contribution in [0.5, 0.6) is 5.75 Å². The van der Waals surface area contributed by atoms with Gasteiger partial charge in [-0.15, -0.1) is 0 Å². The Morgan fingerprint density at radius 2 is 1.68 bits per heavy atom. The third-order valence-corrected chi connectivity index (χ3v) is 3.07. The van der Waals surface area contributed by atoms with Crippen molar-refractivity contribution < 1.29 is 19.1 Å². The van der Waals surface area contributed by atoms with E-state index in [1.807, 2.05) is 28.7 Å². The van der Waals surface area contributed by atoms with Crippen LogP contribution >= 0.6 is 22.6 Å². The Morgan fingerprint density at radius 1 is 1.05 bits per heavy atom. The maximum absolute atomic E-state index is 12.1. The molecule has 0 heterocycles. The lowest BCUT2D eigenvalue weighted by atomic mass is 10.1. The van der Waals surface area contributed by atoms with Crippen molar-refractivity contribution >= 4 is 34.5 Å². The molecule has 0 aliphatic rings. The van der Waals surface area contributed by atoms with Crippen molar-refractivity contribution in [1.82, 2.24) is 0 Å². The van der Waals surface area contributed by atoms with E-state index in [1.165, 1.54) is 0 Å². The highest BCUT2D eigenvalue weighted by Crippen LogP contribution is 2.21. The van der Waals surface area contributed by atoms with Crippen molar-refractivity contribution in [3.8, 4) is 5.75 Å².